The fourth-order valence-electron chi connectivity index (χ4n) is 2.76. The molecular formula is C17H18N2O3S. The minimum absolute atomic E-state index is 0.0174. The summed E-state index contributed by atoms with van der Waals surface area (Å²) >= 11 is 1.45. The predicted molar refractivity (Wildman–Crippen MR) is 88.0 cm³/mol. The number of aromatic carboxylic acids is 1. The van der Waals surface area contributed by atoms with E-state index in [-0.39, 0.29) is 11.5 Å². The van der Waals surface area contributed by atoms with Gasteiger partial charge >= 0.3 is 5.97 Å². The molecule has 1 N–H and O–H groups in total. The molecule has 0 radical (unpaired) electrons. The molecule has 0 saturated carbocycles. The standard InChI is InChI=1S/C17H18N2O3S/c1-2-3-15-18-9-14(23-15)16(20)19-7-6-11-4-5-12(17(21)22)8-13(11)10-19/h4-5,8-9H,2-3,6-7,10H2,1H3,(H,21,22). The van der Waals surface area contributed by atoms with Crippen molar-refractivity contribution in [1.29, 1.82) is 0 Å². The number of benzene rings is 1. The van der Waals surface area contributed by atoms with E-state index >= 15 is 0 Å². The second-order valence-corrected chi connectivity index (χ2v) is 6.75. The topological polar surface area (TPSA) is 70.5 Å². The Morgan fingerprint density at radius 2 is 2.17 bits per heavy atom. The highest BCUT2D eigenvalue weighted by Crippen LogP contribution is 2.24. The summed E-state index contributed by atoms with van der Waals surface area (Å²) < 4.78 is 0. The summed E-state index contributed by atoms with van der Waals surface area (Å²) in [5.41, 5.74) is 2.30. The highest BCUT2D eigenvalue weighted by molar-refractivity contribution is 7.13. The molecule has 1 aromatic heterocycles. The lowest BCUT2D eigenvalue weighted by Crippen LogP contribution is -2.35. The van der Waals surface area contributed by atoms with Gasteiger partial charge in [-0.1, -0.05) is 13.0 Å². The van der Waals surface area contributed by atoms with Gasteiger partial charge in [0.2, 0.25) is 0 Å². The Hall–Kier alpha value is -2.21. The first kappa shape index (κ1) is 15.7. The van der Waals surface area contributed by atoms with Crippen LogP contribution in [-0.2, 0) is 19.4 Å². The minimum atomic E-state index is -0.942. The zero-order valence-corrected chi connectivity index (χ0v) is 13.7. The van der Waals surface area contributed by atoms with Crippen molar-refractivity contribution in [2.75, 3.05) is 6.54 Å². The first-order chi connectivity index (χ1) is 11.1. The van der Waals surface area contributed by atoms with Gasteiger partial charge < -0.3 is 10.0 Å². The molecule has 1 aromatic carbocycles. The van der Waals surface area contributed by atoms with Crippen molar-refractivity contribution >= 4 is 23.2 Å². The molecule has 0 aliphatic carbocycles. The largest absolute Gasteiger partial charge is 0.478 e. The van der Waals surface area contributed by atoms with Crippen LogP contribution in [0.25, 0.3) is 0 Å². The van der Waals surface area contributed by atoms with Gasteiger partial charge in [0.15, 0.2) is 0 Å². The second kappa shape index (κ2) is 6.50. The summed E-state index contributed by atoms with van der Waals surface area (Å²) in [6.07, 6.45) is 4.31. The summed E-state index contributed by atoms with van der Waals surface area (Å²) in [7, 11) is 0. The Morgan fingerprint density at radius 1 is 1.35 bits per heavy atom. The first-order valence-electron chi connectivity index (χ1n) is 7.67. The number of carboxylic acid groups (broad SMARTS) is 1. The Bertz CT molecular complexity index is 754. The molecule has 1 aliphatic rings. The zero-order chi connectivity index (χ0) is 16.4. The third-order valence-electron chi connectivity index (χ3n) is 3.98. The van der Waals surface area contributed by atoms with E-state index in [1.54, 1.807) is 23.2 Å². The molecule has 6 heteroatoms. The molecule has 3 rings (SSSR count). The molecule has 2 heterocycles. The summed E-state index contributed by atoms with van der Waals surface area (Å²) in [5.74, 6) is -0.959. The average molecular weight is 330 g/mol. The third-order valence-corrected chi connectivity index (χ3v) is 5.03. The molecule has 120 valence electrons. The number of carbonyl (C=O) groups excluding carboxylic acids is 1. The van der Waals surface area contributed by atoms with Crippen LogP contribution in [-0.4, -0.2) is 33.4 Å². The molecule has 0 atom stereocenters. The van der Waals surface area contributed by atoms with Gasteiger partial charge in [-0.05, 0) is 42.5 Å². The molecule has 0 unspecified atom stereocenters. The number of thiazole rings is 1. The number of carboxylic acids is 1. The summed E-state index contributed by atoms with van der Waals surface area (Å²) in [4.78, 5) is 30.5. The van der Waals surface area contributed by atoms with Crippen LogP contribution in [0.15, 0.2) is 24.4 Å². The smallest absolute Gasteiger partial charge is 0.335 e. The molecule has 0 spiro atoms. The minimum Gasteiger partial charge on any atom is -0.478 e. The third kappa shape index (κ3) is 3.27. The van der Waals surface area contributed by atoms with Gasteiger partial charge in [0, 0.05) is 13.1 Å². The van der Waals surface area contributed by atoms with Crippen LogP contribution in [0, 0.1) is 0 Å². The van der Waals surface area contributed by atoms with E-state index in [2.05, 4.69) is 11.9 Å². The monoisotopic (exact) mass is 330 g/mol. The summed E-state index contributed by atoms with van der Waals surface area (Å²) in [5, 5.41) is 10.1. The van der Waals surface area contributed by atoms with Gasteiger partial charge in [-0.2, -0.15) is 0 Å². The van der Waals surface area contributed by atoms with Crippen LogP contribution >= 0.6 is 11.3 Å². The van der Waals surface area contributed by atoms with E-state index in [0.717, 1.165) is 35.4 Å². The molecule has 1 aliphatic heterocycles. The lowest BCUT2D eigenvalue weighted by atomic mass is 9.97. The van der Waals surface area contributed by atoms with Crippen molar-refractivity contribution in [3.63, 3.8) is 0 Å². The van der Waals surface area contributed by atoms with Crippen LogP contribution in [0.2, 0.25) is 0 Å². The fraction of sp³-hybridized carbons (Fsp3) is 0.353. The molecule has 0 saturated heterocycles. The molecule has 23 heavy (non-hydrogen) atoms. The lowest BCUT2D eigenvalue weighted by molar-refractivity contribution is 0.0696. The number of hydrogen-bond acceptors (Lipinski definition) is 4. The van der Waals surface area contributed by atoms with E-state index in [0.29, 0.717) is 18.0 Å². The molecule has 0 fully saturated rings. The van der Waals surface area contributed by atoms with Gasteiger partial charge in [0.05, 0.1) is 16.8 Å². The Kier molecular flexibility index (Phi) is 4.43. The van der Waals surface area contributed by atoms with E-state index in [1.165, 1.54) is 11.3 Å². The van der Waals surface area contributed by atoms with Crippen molar-refractivity contribution in [3.05, 3.63) is 51.0 Å². The maximum Gasteiger partial charge on any atom is 0.335 e. The maximum atomic E-state index is 12.6. The van der Waals surface area contributed by atoms with Crippen LogP contribution in [0.3, 0.4) is 0 Å². The normalized spacial score (nSPS) is 13.7. The van der Waals surface area contributed by atoms with Crippen LogP contribution in [0.5, 0.6) is 0 Å². The number of amides is 1. The van der Waals surface area contributed by atoms with Gasteiger partial charge in [0.25, 0.3) is 5.91 Å². The fourth-order valence-corrected chi connectivity index (χ4v) is 3.75. The van der Waals surface area contributed by atoms with Gasteiger partial charge in [-0.25, -0.2) is 9.78 Å². The first-order valence-corrected chi connectivity index (χ1v) is 8.49. The van der Waals surface area contributed by atoms with Crippen LogP contribution in [0.1, 0.15) is 49.5 Å². The van der Waals surface area contributed by atoms with Crippen molar-refractivity contribution in [1.82, 2.24) is 9.88 Å². The maximum absolute atomic E-state index is 12.6. The van der Waals surface area contributed by atoms with E-state index < -0.39 is 5.97 Å². The highest BCUT2D eigenvalue weighted by Gasteiger charge is 2.24. The second-order valence-electron chi connectivity index (χ2n) is 5.63. The number of fused-ring (bicyclic) bond motifs is 1. The molecule has 5 nitrogen and oxygen atoms in total. The molecule has 0 bridgehead atoms. The number of aromatic nitrogens is 1. The van der Waals surface area contributed by atoms with E-state index in [9.17, 15) is 9.59 Å². The summed E-state index contributed by atoms with van der Waals surface area (Å²) in [6, 6.07) is 5.15. The Labute approximate surface area is 138 Å². The number of rotatable bonds is 4. The molecule has 2 aromatic rings. The number of aryl methyl sites for hydroxylation is 1. The highest BCUT2D eigenvalue weighted by atomic mass is 32.1. The average Bonchev–Trinajstić information content (AvgIpc) is 3.02. The Balaban J connectivity index is 1.78. The SMILES string of the molecule is CCCc1ncc(C(=O)N2CCc3ccc(C(=O)O)cc3C2)s1. The Morgan fingerprint density at radius 3 is 2.91 bits per heavy atom. The van der Waals surface area contributed by atoms with Crippen LogP contribution < -0.4 is 0 Å². The van der Waals surface area contributed by atoms with Crippen molar-refractivity contribution in [2.24, 2.45) is 0 Å². The van der Waals surface area contributed by atoms with Gasteiger partial charge in [-0.3, -0.25) is 4.79 Å². The number of hydrogen-bond donors (Lipinski definition) is 1. The van der Waals surface area contributed by atoms with Gasteiger partial charge in [0.1, 0.15) is 4.88 Å². The zero-order valence-electron chi connectivity index (χ0n) is 12.9. The van der Waals surface area contributed by atoms with Crippen molar-refractivity contribution < 1.29 is 14.7 Å². The predicted octanol–water partition coefficient (Wildman–Crippen LogP) is 2.99. The van der Waals surface area contributed by atoms with Crippen molar-refractivity contribution in [3.8, 4) is 0 Å². The van der Waals surface area contributed by atoms with E-state index in [1.807, 2.05) is 6.07 Å². The van der Waals surface area contributed by atoms with Crippen LogP contribution in [0.4, 0.5) is 0 Å². The van der Waals surface area contributed by atoms with Gasteiger partial charge in [-0.15, -0.1) is 11.3 Å². The van der Waals surface area contributed by atoms with Crippen molar-refractivity contribution in [2.45, 2.75) is 32.7 Å². The quantitative estimate of drug-likeness (QED) is 0.935. The molecular weight excluding hydrogens is 312 g/mol. The molecule has 1 amide bonds. The number of carbonyl (C=O) groups is 2. The summed E-state index contributed by atoms with van der Waals surface area (Å²) in [6.45, 7) is 3.19. The van der Waals surface area contributed by atoms with E-state index in [4.69, 9.17) is 5.11 Å². The number of nitrogens with zero attached hydrogens (tertiary/aromatic N) is 2. The lowest BCUT2D eigenvalue weighted by Gasteiger charge is -2.28.